The summed E-state index contributed by atoms with van der Waals surface area (Å²) in [7, 11) is -2.54. The van der Waals surface area contributed by atoms with Crippen LogP contribution in [0.1, 0.15) is 27.9 Å². The van der Waals surface area contributed by atoms with E-state index in [0.717, 1.165) is 51.5 Å². The highest BCUT2D eigenvalue weighted by atomic mass is 35.5. The van der Waals surface area contributed by atoms with Crippen molar-refractivity contribution in [2.24, 2.45) is 0 Å². The second-order valence-electron chi connectivity index (χ2n) is 8.15. The van der Waals surface area contributed by atoms with Crippen LogP contribution in [0.2, 0.25) is 5.02 Å². The fourth-order valence-electron chi connectivity index (χ4n) is 4.06. The number of benzene rings is 2. The Morgan fingerprint density at radius 3 is 2.67 bits per heavy atom. The topological polar surface area (TPSA) is 94.2 Å². The Bertz CT molecular complexity index is 1160. The zero-order chi connectivity index (χ0) is 23.6. The molecule has 10 heteroatoms. The van der Waals surface area contributed by atoms with Crippen molar-refractivity contribution < 1.29 is 27.4 Å². The average molecular weight is 495 g/mol. The van der Waals surface area contributed by atoms with Gasteiger partial charge >= 0.3 is 5.97 Å². The number of carbonyl (C=O) groups is 1. The summed E-state index contributed by atoms with van der Waals surface area (Å²) in [4.78, 5) is 14.3. The summed E-state index contributed by atoms with van der Waals surface area (Å²) in [5.74, 6) is -0.414. The molecule has 1 fully saturated rings. The van der Waals surface area contributed by atoms with Crippen molar-refractivity contribution in [1.29, 1.82) is 0 Å². The molecule has 0 saturated carbocycles. The first-order valence-corrected chi connectivity index (χ1v) is 12.8. The smallest absolute Gasteiger partial charge is 0.337 e. The Morgan fingerprint density at radius 2 is 1.94 bits per heavy atom. The molecule has 33 heavy (non-hydrogen) atoms. The van der Waals surface area contributed by atoms with Crippen LogP contribution in [-0.2, 0) is 25.1 Å². The molecule has 0 aliphatic carbocycles. The fourth-order valence-corrected chi connectivity index (χ4v) is 5.91. The maximum absolute atomic E-state index is 13.2. The Hall–Kier alpha value is -2.33. The summed E-state index contributed by atoms with van der Waals surface area (Å²) in [5, 5.41) is 3.66. The number of sulfone groups is 1. The van der Waals surface area contributed by atoms with Gasteiger partial charge < -0.3 is 19.5 Å². The van der Waals surface area contributed by atoms with Gasteiger partial charge in [0, 0.05) is 30.9 Å². The molecule has 4 rings (SSSR count). The van der Waals surface area contributed by atoms with Crippen molar-refractivity contribution in [2.45, 2.75) is 24.0 Å². The van der Waals surface area contributed by atoms with Gasteiger partial charge in [-0.25, -0.2) is 13.2 Å². The first kappa shape index (κ1) is 23.8. The lowest BCUT2D eigenvalue weighted by Crippen LogP contribution is -2.37. The van der Waals surface area contributed by atoms with Crippen molar-refractivity contribution >= 4 is 33.1 Å². The molecule has 0 radical (unpaired) electrons. The van der Waals surface area contributed by atoms with Crippen molar-refractivity contribution in [3.05, 3.63) is 46.0 Å². The molecule has 0 spiro atoms. The maximum Gasteiger partial charge on any atom is 0.337 e. The van der Waals surface area contributed by atoms with E-state index in [2.05, 4.69) is 10.2 Å². The molecule has 2 heterocycles. The number of rotatable bonds is 6. The molecular formula is C23H27ClN2O6S. The molecule has 2 aliphatic rings. The minimum Gasteiger partial charge on any atom is -0.465 e. The lowest BCUT2D eigenvalue weighted by Gasteiger charge is -2.26. The maximum atomic E-state index is 13.2. The average Bonchev–Trinajstić information content (AvgIpc) is 2.90. The number of ether oxygens (including phenoxy) is 3. The number of carbonyl (C=O) groups excluding carboxylic acids is 1. The van der Waals surface area contributed by atoms with Gasteiger partial charge in [-0.3, -0.25) is 4.90 Å². The largest absolute Gasteiger partial charge is 0.465 e. The molecule has 8 nitrogen and oxygen atoms in total. The first-order valence-electron chi connectivity index (χ1n) is 10.8. The Balaban J connectivity index is 1.55. The molecule has 1 saturated heterocycles. The Morgan fingerprint density at radius 1 is 1.18 bits per heavy atom. The highest BCUT2D eigenvalue weighted by Crippen LogP contribution is 2.44. The van der Waals surface area contributed by atoms with Gasteiger partial charge in [-0.15, -0.1) is 0 Å². The summed E-state index contributed by atoms with van der Waals surface area (Å²) in [6.07, 6.45) is 0.935. The van der Waals surface area contributed by atoms with Gasteiger partial charge in [0.25, 0.3) is 0 Å². The number of aryl methyl sites for hydroxylation is 1. The third kappa shape index (κ3) is 5.27. The monoisotopic (exact) mass is 494 g/mol. The lowest BCUT2D eigenvalue weighted by molar-refractivity contribution is 0.0378. The molecule has 0 bridgehead atoms. The minimum absolute atomic E-state index is 0.0461. The normalized spacial score (nSPS) is 17.3. The summed E-state index contributed by atoms with van der Waals surface area (Å²) >= 11 is 6.51. The van der Waals surface area contributed by atoms with E-state index in [-0.39, 0.29) is 22.0 Å². The van der Waals surface area contributed by atoms with Crippen LogP contribution < -0.4 is 10.1 Å². The van der Waals surface area contributed by atoms with Gasteiger partial charge in [-0.1, -0.05) is 11.6 Å². The minimum atomic E-state index is -3.79. The zero-order valence-electron chi connectivity index (χ0n) is 18.6. The molecule has 178 valence electrons. The number of fused-ring (bicyclic) bond motifs is 2. The third-order valence-corrected chi connectivity index (χ3v) is 7.70. The molecule has 1 N–H and O–H groups in total. The Labute approximate surface area is 198 Å². The van der Waals surface area contributed by atoms with E-state index in [0.29, 0.717) is 21.9 Å². The second kappa shape index (κ2) is 9.89. The van der Waals surface area contributed by atoms with Gasteiger partial charge in [-0.2, -0.15) is 0 Å². The molecule has 0 atom stereocenters. The fraction of sp³-hybridized carbons (Fsp3) is 0.435. The number of anilines is 1. The number of nitrogens with zero attached hydrogens (tertiary/aromatic N) is 1. The SMILES string of the molecule is COC(=O)c1cc(C)c2c(c1)S(=O)(=O)Cc1cc(NCCCN3CCOCC3)cc(Cl)c1O2. The molecule has 0 amide bonds. The molecule has 2 aromatic rings. The number of nitrogens with one attached hydrogen (secondary N) is 1. The van der Waals surface area contributed by atoms with Gasteiger partial charge in [0.1, 0.15) is 16.4 Å². The van der Waals surface area contributed by atoms with E-state index in [4.69, 9.17) is 25.8 Å². The van der Waals surface area contributed by atoms with Crippen LogP contribution in [0.4, 0.5) is 5.69 Å². The molecular weight excluding hydrogens is 468 g/mol. The number of halogens is 1. The Kier molecular flexibility index (Phi) is 7.13. The van der Waals surface area contributed by atoms with Crippen LogP contribution in [0.15, 0.2) is 29.2 Å². The van der Waals surface area contributed by atoms with E-state index in [1.54, 1.807) is 25.1 Å². The standard InChI is InChI=1S/C23H27ClN2O6S/c1-15-10-16(23(27)30-2)12-20-21(15)32-22-17(14-33(20,28)29)11-18(13-19(22)24)25-4-3-5-26-6-8-31-9-7-26/h10-13,25H,3-9,14H2,1-2H3. The predicted octanol–water partition coefficient (Wildman–Crippen LogP) is 3.65. The highest BCUT2D eigenvalue weighted by molar-refractivity contribution is 7.90. The summed E-state index contributed by atoms with van der Waals surface area (Å²) in [5.41, 5.74) is 1.86. The van der Waals surface area contributed by atoms with Crippen molar-refractivity contribution in [2.75, 3.05) is 51.8 Å². The van der Waals surface area contributed by atoms with E-state index >= 15 is 0 Å². The van der Waals surface area contributed by atoms with Gasteiger partial charge in [-0.05, 0) is 49.7 Å². The third-order valence-electron chi connectivity index (χ3n) is 5.75. The summed E-state index contributed by atoms with van der Waals surface area (Å²) < 4.78 is 42.6. The number of esters is 1. The first-order chi connectivity index (χ1) is 15.8. The van der Waals surface area contributed by atoms with Crippen molar-refractivity contribution in [3.63, 3.8) is 0 Å². The van der Waals surface area contributed by atoms with Crippen LogP contribution in [0, 0.1) is 6.92 Å². The second-order valence-corrected chi connectivity index (χ2v) is 10.5. The van der Waals surface area contributed by atoms with E-state index in [1.807, 2.05) is 0 Å². The van der Waals surface area contributed by atoms with Crippen LogP contribution in [0.3, 0.4) is 0 Å². The van der Waals surface area contributed by atoms with Crippen LogP contribution in [-0.4, -0.2) is 65.8 Å². The summed E-state index contributed by atoms with van der Waals surface area (Å²) in [6, 6.07) is 6.35. The zero-order valence-corrected chi connectivity index (χ0v) is 20.2. The van der Waals surface area contributed by atoms with Crippen LogP contribution in [0.25, 0.3) is 0 Å². The highest BCUT2D eigenvalue weighted by Gasteiger charge is 2.31. The number of methoxy groups -OCH3 is 1. The van der Waals surface area contributed by atoms with E-state index in [1.165, 1.54) is 13.2 Å². The molecule has 2 aliphatic heterocycles. The van der Waals surface area contributed by atoms with Gasteiger partial charge in [0.2, 0.25) is 0 Å². The predicted molar refractivity (Wildman–Crippen MR) is 125 cm³/mol. The van der Waals surface area contributed by atoms with Crippen molar-refractivity contribution in [3.8, 4) is 11.5 Å². The van der Waals surface area contributed by atoms with E-state index < -0.39 is 15.8 Å². The van der Waals surface area contributed by atoms with Crippen LogP contribution >= 0.6 is 11.6 Å². The quantitative estimate of drug-likeness (QED) is 0.480. The number of morpholine rings is 1. The van der Waals surface area contributed by atoms with Crippen molar-refractivity contribution in [1.82, 2.24) is 4.90 Å². The summed E-state index contributed by atoms with van der Waals surface area (Å²) in [6.45, 7) is 6.79. The number of hydrogen-bond donors (Lipinski definition) is 1. The van der Waals surface area contributed by atoms with Crippen LogP contribution in [0.5, 0.6) is 11.5 Å². The lowest BCUT2D eigenvalue weighted by atomic mass is 10.1. The molecule has 0 unspecified atom stereocenters. The van der Waals surface area contributed by atoms with Gasteiger partial charge in [0.05, 0.1) is 36.7 Å². The van der Waals surface area contributed by atoms with E-state index in [9.17, 15) is 13.2 Å². The number of hydrogen-bond acceptors (Lipinski definition) is 8. The van der Waals surface area contributed by atoms with Gasteiger partial charge in [0.15, 0.2) is 9.84 Å². The molecule has 0 aromatic heterocycles. The molecule has 2 aromatic carbocycles.